The van der Waals surface area contributed by atoms with Crippen molar-refractivity contribution in [3.8, 4) is 0 Å². The van der Waals surface area contributed by atoms with Gasteiger partial charge in [0.25, 0.3) is 0 Å². The Labute approximate surface area is 97.0 Å². The van der Waals surface area contributed by atoms with Crippen LogP contribution < -0.4 is 10.6 Å². The van der Waals surface area contributed by atoms with Crippen molar-refractivity contribution >= 4 is 11.6 Å². The third-order valence-corrected chi connectivity index (χ3v) is 3.37. The molecule has 0 bridgehead atoms. The van der Waals surface area contributed by atoms with Gasteiger partial charge in [-0.15, -0.1) is 0 Å². The third-order valence-electron chi connectivity index (χ3n) is 3.37. The number of hydrogen-bond acceptors (Lipinski definition) is 3. The van der Waals surface area contributed by atoms with E-state index in [1.54, 1.807) is 0 Å². The molecule has 3 nitrogen and oxygen atoms in total. The standard InChI is InChI=1S/C13H19N3/c1-4-13(3)9-15-12(14)16(13)11-7-5-6-10(2)8-11/h5-8H,4,9H2,1-3H3,(H2,14,15). The predicted octanol–water partition coefficient (Wildman–Crippen LogP) is 2.30. The summed E-state index contributed by atoms with van der Waals surface area (Å²) in [4.78, 5) is 6.52. The summed E-state index contributed by atoms with van der Waals surface area (Å²) >= 11 is 0. The van der Waals surface area contributed by atoms with E-state index in [9.17, 15) is 0 Å². The zero-order chi connectivity index (χ0) is 11.8. The van der Waals surface area contributed by atoms with Crippen LogP contribution in [-0.2, 0) is 0 Å². The topological polar surface area (TPSA) is 41.6 Å². The highest BCUT2D eigenvalue weighted by molar-refractivity contribution is 5.98. The highest BCUT2D eigenvalue weighted by Crippen LogP contribution is 2.31. The molecule has 1 aliphatic heterocycles. The number of aliphatic imine (C=N–C) groups is 1. The molecule has 0 fully saturated rings. The third kappa shape index (κ3) is 1.66. The molecule has 16 heavy (non-hydrogen) atoms. The predicted molar refractivity (Wildman–Crippen MR) is 68.8 cm³/mol. The fourth-order valence-electron chi connectivity index (χ4n) is 2.15. The highest BCUT2D eigenvalue weighted by Gasteiger charge is 2.37. The van der Waals surface area contributed by atoms with Gasteiger partial charge in [-0.3, -0.25) is 4.99 Å². The Hall–Kier alpha value is -1.51. The van der Waals surface area contributed by atoms with Gasteiger partial charge in [0.05, 0.1) is 12.1 Å². The van der Waals surface area contributed by atoms with Crippen LogP contribution >= 0.6 is 0 Å². The van der Waals surface area contributed by atoms with Crippen molar-refractivity contribution in [2.45, 2.75) is 32.7 Å². The first-order valence-electron chi connectivity index (χ1n) is 5.73. The van der Waals surface area contributed by atoms with Crippen LogP contribution in [0.25, 0.3) is 0 Å². The summed E-state index contributed by atoms with van der Waals surface area (Å²) in [6, 6.07) is 8.40. The van der Waals surface area contributed by atoms with Gasteiger partial charge in [-0.05, 0) is 38.0 Å². The van der Waals surface area contributed by atoms with Crippen molar-refractivity contribution in [1.82, 2.24) is 0 Å². The van der Waals surface area contributed by atoms with Gasteiger partial charge in [-0.1, -0.05) is 19.1 Å². The molecular formula is C13H19N3. The Morgan fingerprint density at radius 2 is 2.25 bits per heavy atom. The summed E-state index contributed by atoms with van der Waals surface area (Å²) in [5.74, 6) is 0.634. The molecule has 86 valence electrons. The van der Waals surface area contributed by atoms with Crippen LogP contribution in [0.4, 0.5) is 5.69 Å². The summed E-state index contributed by atoms with van der Waals surface area (Å²) in [6.07, 6.45) is 1.03. The Morgan fingerprint density at radius 3 is 2.88 bits per heavy atom. The molecule has 2 N–H and O–H groups in total. The van der Waals surface area contributed by atoms with Gasteiger partial charge in [0, 0.05) is 5.69 Å². The molecule has 0 aromatic heterocycles. The van der Waals surface area contributed by atoms with Crippen molar-refractivity contribution < 1.29 is 0 Å². The Morgan fingerprint density at radius 1 is 1.50 bits per heavy atom. The molecule has 0 saturated carbocycles. The smallest absolute Gasteiger partial charge is 0.196 e. The molecule has 0 saturated heterocycles. The number of nitrogens with two attached hydrogens (primary N) is 1. The van der Waals surface area contributed by atoms with Crippen molar-refractivity contribution in [1.29, 1.82) is 0 Å². The number of aryl methyl sites for hydroxylation is 1. The molecule has 0 amide bonds. The maximum absolute atomic E-state index is 5.99. The summed E-state index contributed by atoms with van der Waals surface area (Å²) in [7, 11) is 0. The lowest BCUT2D eigenvalue weighted by atomic mass is 9.97. The van der Waals surface area contributed by atoms with Gasteiger partial charge in [-0.25, -0.2) is 0 Å². The van der Waals surface area contributed by atoms with Crippen molar-refractivity contribution in [3.05, 3.63) is 29.8 Å². The van der Waals surface area contributed by atoms with E-state index in [-0.39, 0.29) is 5.54 Å². The summed E-state index contributed by atoms with van der Waals surface area (Å²) in [5, 5.41) is 0. The van der Waals surface area contributed by atoms with Crippen molar-refractivity contribution in [2.24, 2.45) is 10.7 Å². The number of rotatable bonds is 2. The van der Waals surface area contributed by atoms with Gasteiger partial charge >= 0.3 is 0 Å². The van der Waals surface area contributed by atoms with E-state index >= 15 is 0 Å². The Kier molecular flexibility index (Phi) is 2.62. The van der Waals surface area contributed by atoms with E-state index in [2.05, 4.69) is 54.9 Å². The minimum absolute atomic E-state index is 0.0257. The average molecular weight is 217 g/mol. The average Bonchev–Trinajstić information content (AvgIpc) is 2.56. The number of benzene rings is 1. The number of hydrogen-bond donors (Lipinski definition) is 1. The molecule has 1 unspecified atom stereocenters. The molecule has 0 spiro atoms. The molecule has 2 rings (SSSR count). The fourth-order valence-corrected chi connectivity index (χ4v) is 2.15. The number of nitrogens with zero attached hydrogens (tertiary/aromatic N) is 2. The minimum Gasteiger partial charge on any atom is -0.369 e. The quantitative estimate of drug-likeness (QED) is 0.826. The first kappa shape index (κ1) is 11.0. The second kappa shape index (κ2) is 3.81. The normalized spacial score (nSPS) is 24.7. The number of guanidine groups is 1. The van der Waals surface area contributed by atoms with Gasteiger partial charge < -0.3 is 10.6 Å². The zero-order valence-corrected chi connectivity index (χ0v) is 10.2. The lowest BCUT2D eigenvalue weighted by Crippen LogP contribution is -2.49. The number of anilines is 1. The molecular weight excluding hydrogens is 198 g/mol. The second-order valence-corrected chi connectivity index (χ2v) is 4.70. The van der Waals surface area contributed by atoms with E-state index in [0.29, 0.717) is 5.96 Å². The van der Waals surface area contributed by atoms with Crippen LogP contribution in [0.3, 0.4) is 0 Å². The largest absolute Gasteiger partial charge is 0.369 e. The molecule has 1 aromatic carbocycles. The first-order valence-corrected chi connectivity index (χ1v) is 5.73. The van der Waals surface area contributed by atoms with Crippen LogP contribution in [0.15, 0.2) is 29.3 Å². The van der Waals surface area contributed by atoms with Gasteiger partial charge in [0.15, 0.2) is 5.96 Å². The molecule has 1 aliphatic rings. The summed E-state index contributed by atoms with van der Waals surface area (Å²) in [5.41, 5.74) is 8.40. The maximum atomic E-state index is 5.99. The van der Waals surface area contributed by atoms with E-state index in [4.69, 9.17) is 5.73 Å². The van der Waals surface area contributed by atoms with Crippen molar-refractivity contribution in [2.75, 3.05) is 11.4 Å². The van der Waals surface area contributed by atoms with Gasteiger partial charge in [-0.2, -0.15) is 0 Å². The molecule has 0 radical (unpaired) electrons. The SMILES string of the molecule is CCC1(C)CN=C(N)N1c1cccc(C)c1. The summed E-state index contributed by atoms with van der Waals surface area (Å²) < 4.78 is 0. The van der Waals surface area contributed by atoms with Crippen LogP contribution in [-0.4, -0.2) is 18.0 Å². The molecule has 1 heterocycles. The van der Waals surface area contributed by atoms with E-state index < -0.39 is 0 Å². The van der Waals surface area contributed by atoms with Gasteiger partial charge in [0.2, 0.25) is 0 Å². The minimum atomic E-state index is 0.0257. The lowest BCUT2D eigenvalue weighted by Gasteiger charge is -2.35. The fraction of sp³-hybridized carbons (Fsp3) is 0.462. The van der Waals surface area contributed by atoms with E-state index in [1.165, 1.54) is 5.56 Å². The van der Waals surface area contributed by atoms with Gasteiger partial charge in [0.1, 0.15) is 0 Å². The maximum Gasteiger partial charge on any atom is 0.196 e. The van der Waals surface area contributed by atoms with Crippen LogP contribution in [0, 0.1) is 6.92 Å². The summed E-state index contributed by atoms with van der Waals surface area (Å²) in [6.45, 7) is 7.26. The monoisotopic (exact) mass is 217 g/mol. The Bertz CT molecular complexity index is 425. The van der Waals surface area contributed by atoms with E-state index in [1.807, 2.05) is 0 Å². The molecule has 1 aromatic rings. The zero-order valence-electron chi connectivity index (χ0n) is 10.2. The molecule has 0 aliphatic carbocycles. The molecule has 1 atom stereocenters. The van der Waals surface area contributed by atoms with Crippen LogP contribution in [0.1, 0.15) is 25.8 Å². The van der Waals surface area contributed by atoms with Crippen LogP contribution in [0.5, 0.6) is 0 Å². The second-order valence-electron chi connectivity index (χ2n) is 4.70. The Balaban J connectivity index is 2.42. The highest BCUT2D eigenvalue weighted by atomic mass is 15.4. The lowest BCUT2D eigenvalue weighted by molar-refractivity contribution is 0.486. The van der Waals surface area contributed by atoms with Crippen LogP contribution in [0.2, 0.25) is 0 Å². The van der Waals surface area contributed by atoms with E-state index in [0.717, 1.165) is 18.7 Å². The molecule has 3 heteroatoms. The first-order chi connectivity index (χ1) is 7.57. The van der Waals surface area contributed by atoms with Crippen molar-refractivity contribution in [3.63, 3.8) is 0 Å².